The van der Waals surface area contributed by atoms with Crippen LogP contribution in [-0.2, 0) is 32.6 Å². The Balaban J connectivity index is 2.08. The summed E-state index contributed by atoms with van der Waals surface area (Å²) in [7, 11) is 0.587. The second-order valence-corrected chi connectivity index (χ2v) is 11.0. The quantitative estimate of drug-likeness (QED) is 0.370. The van der Waals surface area contributed by atoms with E-state index in [4.69, 9.17) is 9.47 Å². The molecule has 208 valence electrons. The van der Waals surface area contributed by atoms with Gasteiger partial charge in [0.1, 0.15) is 24.1 Å². The second kappa shape index (κ2) is 13.1. The summed E-state index contributed by atoms with van der Waals surface area (Å²) in [6.07, 6.45) is 1.28. The van der Waals surface area contributed by atoms with E-state index in [9.17, 15) is 18.0 Å². The molecular weight excluding hydrogens is 518 g/mol. The topological polar surface area (TPSA) is 105 Å². The van der Waals surface area contributed by atoms with Crippen LogP contribution in [0.5, 0.6) is 11.5 Å². The van der Waals surface area contributed by atoms with Gasteiger partial charge in [0.25, 0.3) is 0 Å². The number of methoxy groups -OCH3 is 2. The van der Waals surface area contributed by atoms with E-state index < -0.39 is 28.5 Å². The first kappa shape index (κ1) is 29.5. The lowest BCUT2D eigenvalue weighted by Gasteiger charge is -2.33. The first-order chi connectivity index (χ1) is 18.6. The molecule has 0 aromatic heterocycles. The number of carbonyl (C=O) groups excluding carboxylic acids is 2. The number of likely N-dealkylation sites (N-methyl/N-ethyl adjacent to an activating group) is 1. The molecule has 0 heterocycles. The number of hydrogen-bond donors (Lipinski definition) is 1. The molecule has 0 radical (unpaired) electrons. The zero-order valence-corrected chi connectivity index (χ0v) is 23.7. The van der Waals surface area contributed by atoms with Crippen molar-refractivity contribution in [1.82, 2.24) is 10.2 Å². The molecule has 0 saturated heterocycles. The van der Waals surface area contributed by atoms with Crippen molar-refractivity contribution in [2.24, 2.45) is 0 Å². The molecule has 2 amide bonds. The fraction of sp³-hybridized carbons (Fsp3) is 0.310. The van der Waals surface area contributed by atoms with Crippen molar-refractivity contribution < 1.29 is 27.5 Å². The van der Waals surface area contributed by atoms with Crippen molar-refractivity contribution in [1.29, 1.82) is 0 Å². The molecule has 39 heavy (non-hydrogen) atoms. The summed E-state index contributed by atoms with van der Waals surface area (Å²) in [4.78, 5) is 28.6. The average Bonchev–Trinajstić information content (AvgIpc) is 2.93. The summed E-state index contributed by atoms with van der Waals surface area (Å²) in [5, 5.41) is 2.66. The van der Waals surface area contributed by atoms with Crippen LogP contribution < -0.4 is 19.1 Å². The van der Waals surface area contributed by atoms with Crippen LogP contribution >= 0.6 is 0 Å². The maximum Gasteiger partial charge on any atom is 0.244 e. The third-order valence-corrected chi connectivity index (χ3v) is 7.41. The van der Waals surface area contributed by atoms with Crippen LogP contribution in [0.2, 0.25) is 0 Å². The molecule has 3 rings (SSSR count). The van der Waals surface area contributed by atoms with E-state index in [0.717, 1.165) is 27.3 Å². The largest absolute Gasteiger partial charge is 0.497 e. The highest BCUT2D eigenvalue weighted by atomic mass is 32.2. The van der Waals surface area contributed by atoms with Crippen LogP contribution in [0, 0.1) is 6.92 Å². The van der Waals surface area contributed by atoms with Gasteiger partial charge in [-0.25, -0.2) is 8.42 Å². The molecule has 1 atom stereocenters. The molecule has 0 unspecified atom stereocenters. The molecule has 0 spiro atoms. The minimum absolute atomic E-state index is 0.0590. The smallest absolute Gasteiger partial charge is 0.244 e. The molecule has 0 aliphatic carbocycles. The van der Waals surface area contributed by atoms with Gasteiger partial charge in [0, 0.05) is 20.0 Å². The third-order valence-electron chi connectivity index (χ3n) is 6.29. The lowest BCUT2D eigenvalue weighted by Crippen LogP contribution is -2.52. The molecule has 0 aliphatic rings. The Morgan fingerprint density at radius 3 is 2.23 bits per heavy atom. The highest BCUT2D eigenvalue weighted by molar-refractivity contribution is 7.92. The van der Waals surface area contributed by atoms with E-state index in [1.807, 2.05) is 43.3 Å². The lowest BCUT2D eigenvalue weighted by molar-refractivity contribution is -0.139. The number of aryl methyl sites for hydroxylation is 1. The minimum atomic E-state index is -3.90. The second-order valence-electron chi connectivity index (χ2n) is 9.14. The van der Waals surface area contributed by atoms with Crippen molar-refractivity contribution in [2.45, 2.75) is 25.9 Å². The van der Waals surface area contributed by atoms with Gasteiger partial charge in [-0.15, -0.1) is 0 Å². The van der Waals surface area contributed by atoms with Crippen molar-refractivity contribution in [3.05, 3.63) is 89.5 Å². The summed E-state index contributed by atoms with van der Waals surface area (Å²) in [5.41, 5.74) is 2.63. The van der Waals surface area contributed by atoms with Crippen LogP contribution in [0.1, 0.15) is 16.7 Å². The molecule has 0 bridgehead atoms. The fourth-order valence-electron chi connectivity index (χ4n) is 4.28. The maximum atomic E-state index is 14.0. The van der Waals surface area contributed by atoms with E-state index in [2.05, 4.69) is 5.32 Å². The van der Waals surface area contributed by atoms with Crippen LogP contribution in [0.15, 0.2) is 72.8 Å². The number of benzene rings is 3. The number of amides is 2. The number of hydrogen-bond acceptors (Lipinski definition) is 6. The van der Waals surface area contributed by atoms with E-state index in [1.165, 1.54) is 19.1 Å². The summed E-state index contributed by atoms with van der Waals surface area (Å²) < 4.78 is 37.7. The number of sulfonamides is 1. The molecule has 9 nitrogen and oxygen atoms in total. The molecule has 0 saturated carbocycles. The zero-order chi connectivity index (χ0) is 28.6. The SMILES string of the molecule is CNC(=O)[C@H](Cc1ccccc1)N(Cc1cccc(OC)c1)C(=O)CN(c1cc(C)ccc1OC)S(C)(=O)=O. The average molecular weight is 554 g/mol. The number of nitrogens with one attached hydrogen (secondary N) is 1. The van der Waals surface area contributed by atoms with Gasteiger partial charge in [-0.05, 0) is 47.9 Å². The summed E-state index contributed by atoms with van der Waals surface area (Å²) in [6, 6.07) is 20.7. The van der Waals surface area contributed by atoms with Crippen LogP contribution in [-0.4, -0.2) is 65.2 Å². The lowest BCUT2D eigenvalue weighted by atomic mass is 10.0. The Labute approximate surface area is 230 Å². The number of nitrogens with zero attached hydrogens (tertiary/aromatic N) is 2. The van der Waals surface area contributed by atoms with E-state index in [-0.39, 0.29) is 24.6 Å². The van der Waals surface area contributed by atoms with E-state index >= 15 is 0 Å². The Hall–Kier alpha value is -4.05. The van der Waals surface area contributed by atoms with Gasteiger partial charge in [0.2, 0.25) is 21.8 Å². The standard InChI is InChI=1S/C29H35N3O6S/c1-21-14-15-27(38-4)25(16-21)32(39(5,35)36)20-28(33)31(19-23-12-9-13-24(17-23)37-3)26(29(34)30-2)18-22-10-7-6-8-11-22/h6-17,26H,18-20H2,1-5H3,(H,30,34)/t26-/m0/s1. The molecule has 1 N–H and O–H groups in total. The summed E-state index contributed by atoms with van der Waals surface area (Å²) >= 11 is 0. The molecule has 10 heteroatoms. The molecular formula is C29H35N3O6S. The van der Waals surface area contributed by atoms with Gasteiger partial charge in [0.15, 0.2) is 0 Å². The Morgan fingerprint density at radius 2 is 1.62 bits per heavy atom. The van der Waals surface area contributed by atoms with E-state index in [0.29, 0.717) is 11.5 Å². The van der Waals surface area contributed by atoms with Gasteiger partial charge in [-0.2, -0.15) is 0 Å². The summed E-state index contributed by atoms with van der Waals surface area (Å²) in [5.74, 6) is -0.00232. The Bertz CT molecular complexity index is 1400. The minimum Gasteiger partial charge on any atom is -0.497 e. The number of anilines is 1. The van der Waals surface area contributed by atoms with Crippen LogP contribution in [0.25, 0.3) is 0 Å². The maximum absolute atomic E-state index is 14.0. The molecule has 3 aromatic carbocycles. The number of carbonyl (C=O) groups is 2. The van der Waals surface area contributed by atoms with Crippen molar-refractivity contribution >= 4 is 27.5 Å². The molecule has 0 aliphatic heterocycles. The monoisotopic (exact) mass is 553 g/mol. The summed E-state index contributed by atoms with van der Waals surface area (Å²) in [6.45, 7) is 1.36. The van der Waals surface area contributed by atoms with Gasteiger partial charge >= 0.3 is 0 Å². The van der Waals surface area contributed by atoms with Gasteiger partial charge in [-0.3, -0.25) is 13.9 Å². The van der Waals surface area contributed by atoms with Crippen molar-refractivity contribution in [3.8, 4) is 11.5 Å². The van der Waals surface area contributed by atoms with Gasteiger partial charge in [-0.1, -0.05) is 48.5 Å². The van der Waals surface area contributed by atoms with Crippen LogP contribution in [0.4, 0.5) is 5.69 Å². The Kier molecular flexibility index (Phi) is 9.95. The highest BCUT2D eigenvalue weighted by Crippen LogP contribution is 2.31. The first-order valence-corrected chi connectivity index (χ1v) is 14.2. The van der Waals surface area contributed by atoms with Crippen LogP contribution in [0.3, 0.4) is 0 Å². The third kappa shape index (κ3) is 7.73. The van der Waals surface area contributed by atoms with Gasteiger partial charge < -0.3 is 19.7 Å². The highest BCUT2D eigenvalue weighted by Gasteiger charge is 2.33. The predicted molar refractivity (Wildman–Crippen MR) is 151 cm³/mol. The molecule has 0 fully saturated rings. The fourth-order valence-corrected chi connectivity index (χ4v) is 5.12. The van der Waals surface area contributed by atoms with Crippen molar-refractivity contribution in [2.75, 3.05) is 38.4 Å². The Morgan fingerprint density at radius 1 is 0.923 bits per heavy atom. The normalized spacial score (nSPS) is 11.8. The first-order valence-electron chi connectivity index (χ1n) is 12.4. The molecule has 3 aromatic rings. The van der Waals surface area contributed by atoms with Crippen molar-refractivity contribution in [3.63, 3.8) is 0 Å². The van der Waals surface area contributed by atoms with E-state index in [1.54, 1.807) is 43.5 Å². The zero-order valence-electron chi connectivity index (χ0n) is 22.9. The predicted octanol–water partition coefficient (Wildman–Crippen LogP) is 3.16. The number of rotatable bonds is 12. The number of ether oxygens (including phenoxy) is 2. The van der Waals surface area contributed by atoms with Gasteiger partial charge in [0.05, 0.1) is 26.2 Å².